The first-order valence-corrected chi connectivity index (χ1v) is 13.0. The summed E-state index contributed by atoms with van der Waals surface area (Å²) < 4.78 is 39.1. The van der Waals surface area contributed by atoms with Crippen molar-refractivity contribution >= 4 is 34.4 Å². The molecule has 10 heteroatoms. The van der Waals surface area contributed by atoms with Gasteiger partial charge < -0.3 is 15.2 Å². The van der Waals surface area contributed by atoms with E-state index in [4.69, 9.17) is 11.6 Å². The van der Waals surface area contributed by atoms with Crippen molar-refractivity contribution in [3.05, 3.63) is 99.3 Å². The molecule has 202 valence electrons. The number of carbonyl (C=O) groups is 2. The maximum atomic E-state index is 13.3. The van der Waals surface area contributed by atoms with Gasteiger partial charge in [-0.15, -0.1) is 0 Å². The number of aromatic amines is 1. The second-order valence-corrected chi connectivity index (χ2v) is 10.2. The van der Waals surface area contributed by atoms with Crippen LogP contribution in [-0.4, -0.2) is 39.8 Å². The van der Waals surface area contributed by atoms with E-state index in [1.165, 1.54) is 12.1 Å². The quantitative estimate of drug-likeness (QED) is 0.286. The van der Waals surface area contributed by atoms with E-state index in [0.717, 1.165) is 38.1 Å². The topological polar surface area (TPSA) is 78.1 Å². The number of hydrogen-bond acceptors (Lipinski definition) is 3. The van der Waals surface area contributed by atoms with Gasteiger partial charge in [0.1, 0.15) is 5.82 Å². The van der Waals surface area contributed by atoms with Crippen molar-refractivity contribution in [2.45, 2.75) is 38.4 Å². The van der Waals surface area contributed by atoms with Crippen LogP contribution in [0.15, 0.2) is 60.7 Å². The highest BCUT2D eigenvalue weighted by Crippen LogP contribution is 2.30. The van der Waals surface area contributed by atoms with E-state index in [1.807, 2.05) is 4.90 Å². The second-order valence-electron chi connectivity index (χ2n) is 9.74. The summed E-state index contributed by atoms with van der Waals surface area (Å²) in [4.78, 5) is 35.8. The van der Waals surface area contributed by atoms with Gasteiger partial charge in [-0.1, -0.05) is 23.7 Å². The third kappa shape index (κ3) is 5.93. The van der Waals surface area contributed by atoms with E-state index in [0.29, 0.717) is 44.1 Å². The Morgan fingerprint density at radius 2 is 1.77 bits per heavy atom. The van der Waals surface area contributed by atoms with Crippen molar-refractivity contribution in [1.29, 1.82) is 0 Å². The minimum absolute atomic E-state index is 0.0434. The van der Waals surface area contributed by atoms with Crippen LogP contribution < -0.4 is 5.32 Å². The number of aromatic nitrogens is 2. The van der Waals surface area contributed by atoms with E-state index in [1.54, 1.807) is 43.3 Å². The van der Waals surface area contributed by atoms with Gasteiger partial charge in [0.25, 0.3) is 11.8 Å². The van der Waals surface area contributed by atoms with Gasteiger partial charge in [-0.25, -0.2) is 4.98 Å². The molecule has 2 heterocycles. The average Bonchev–Trinajstić information content (AvgIpc) is 3.58. The first kappa shape index (κ1) is 26.7. The fourth-order valence-electron chi connectivity index (χ4n) is 4.83. The Morgan fingerprint density at radius 3 is 2.44 bits per heavy atom. The third-order valence-electron chi connectivity index (χ3n) is 6.93. The normalized spacial score (nSPS) is 14.5. The van der Waals surface area contributed by atoms with Crippen molar-refractivity contribution in [1.82, 2.24) is 20.2 Å². The van der Waals surface area contributed by atoms with Gasteiger partial charge in [0.2, 0.25) is 0 Å². The zero-order chi connectivity index (χ0) is 27.7. The molecule has 0 unspecified atom stereocenters. The number of imidazole rings is 1. The molecule has 1 fully saturated rings. The minimum Gasteiger partial charge on any atom is -0.342 e. The molecule has 0 aliphatic carbocycles. The standard InChI is InChI=1S/C29H26ClF3N4O2/c1-17-14-19(6-10-22(17)28(39)37-12-2-3-13-37)27(38)36-25(15-18-4-7-20(8-5-18)29(31,32)33)26-34-23-11-9-21(30)16-24(23)35-26/h4-11,14,16,25H,2-3,12-13,15H2,1H3,(H,34,35)(H,36,38)/t25-/m0/s1. The number of nitrogens with one attached hydrogen (secondary N) is 2. The molecule has 39 heavy (non-hydrogen) atoms. The number of hydrogen-bond donors (Lipinski definition) is 2. The number of aryl methyl sites for hydroxylation is 1. The number of carbonyl (C=O) groups excluding carboxylic acids is 2. The molecule has 0 radical (unpaired) electrons. The van der Waals surface area contributed by atoms with Gasteiger partial charge in [0.15, 0.2) is 0 Å². The molecule has 4 aromatic rings. The van der Waals surface area contributed by atoms with E-state index < -0.39 is 23.7 Å². The van der Waals surface area contributed by atoms with Crippen molar-refractivity contribution in [3.63, 3.8) is 0 Å². The number of likely N-dealkylation sites (tertiary alicyclic amines) is 1. The summed E-state index contributed by atoms with van der Waals surface area (Å²) in [5, 5.41) is 3.48. The molecule has 3 aromatic carbocycles. The fraction of sp³-hybridized carbons (Fsp3) is 0.276. The zero-order valence-corrected chi connectivity index (χ0v) is 21.9. The van der Waals surface area contributed by atoms with Crippen LogP contribution in [0.3, 0.4) is 0 Å². The molecule has 1 saturated heterocycles. The zero-order valence-electron chi connectivity index (χ0n) is 21.1. The van der Waals surface area contributed by atoms with Crippen LogP contribution in [0.25, 0.3) is 11.0 Å². The number of amides is 2. The van der Waals surface area contributed by atoms with Gasteiger partial charge in [-0.2, -0.15) is 13.2 Å². The van der Waals surface area contributed by atoms with Crippen LogP contribution in [0, 0.1) is 6.92 Å². The Kier molecular flexibility index (Phi) is 7.36. The van der Waals surface area contributed by atoms with Gasteiger partial charge in [0.05, 0.1) is 22.6 Å². The molecule has 1 aliphatic heterocycles. The van der Waals surface area contributed by atoms with Gasteiger partial charge >= 0.3 is 6.18 Å². The number of nitrogens with zero attached hydrogens (tertiary/aromatic N) is 2. The number of rotatable bonds is 6. The summed E-state index contributed by atoms with van der Waals surface area (Å²) >= 11 is 6.11. The van der Waals surface area contributed by atoms with Crippen LogP contribution in [-0.2, 0) is 12.6 Å². The predicted molar refractivity (Wildman–Crippen MR) is 143 cm³/mol. The Morgan fingerprint density at radius 1 is 1.05 bits per heavy atom. The highest BCUT2D eigenvalue weighted by Gasteiger charge is 2.30. The Hall–Kier alpha value is -3.85. The summed E-state index contributed by atoms with van der Waals surface area (Å²) in [6.07, 6.45) is -2.27. The summed E-state index contributed by atoms with van der Waals surface area (Å²) in [7, 11) is 0. The van der Waals surface area contributed by atoms with E-state index >= 15 is 0 Å². The van der Waals surface area contributed by atoms with Crippen LogP contribution in [0.5, 0.6) is 0 Å². The van der Waals surface area contributed by atoms with Gasteiger partial charge in [-0.3, -0.25) is 9.59 Å². The molecule has 0 bridgehead atoms. The smallest absolute Gasteiger partial charge is 0.342 e. The maximum Gasteiger partial charge on any atom is 0.416 e. The molecule has 6 nitrogen and oxygen atoms in total. The fourth-order valence-corrected chi connectivity index (χ4v) is 5.00. The summed E-state index contributed by atoms with van der Waals surface area (Å²) in [5.41, 5.74) is 2.77. The van der Waals surface area contributed by atoms with Crippen LogP contribution >= 0.6 is 11.6 Å². The second kappa shape index (κ2) is 10.7. The Labute approximate surface area is 228 Å². The Balaban J connectivity index is 1.41. The minimum atomic E-state index is -4.44. The number of H-pyrrole nitrogens is 1. The number of fused-ring (bicyclic) bond motifs is 1. The monoisotopic (exact) mass is 554 g/mol. The maximum absolute atomic E-state index is 13.3. The largest absolute Gasteiger partial charge is 0.416 e. The van der Waals surface area contributed by atoms with Crippen molar-refractivity contribution < 1.29 is 22.8 Å². The number of alkyl halides is 3. The van der Waals surface area contributed by atoms with Crippen LogP contribution in [0.1, 0.15) is 62.1 Å². The van der Waals surface area contributed by atoms with Gasteiger partial charge in [0, 0.05) is 29.2 Å². The first-order valence-electron chi connectivity index (χ1n) is 12.6. The SMILES string of the molecule is Cc1cc(C(=O)N[C@@H](Cc2ccc(C(F)(F)F)cc2)c2nc3ccc(Cl)cc3[nH]2)ccc1C(=O)N1CCCC1. The molecule has 0 spiro atoms. The van der Waals surface area contributed by atoms with Crippen molar-refractivity contribution in [2.24, 2.45) is 0 Å². The summed E-state index contributed by atoms with van der Waals surface area (Å²) in [5.74, 6) is 0.00446. The summed E-state index contributed by atoms with van der Waals surface area (Å²) in [6.45, 7) is 3.26. The average molecular weight is 555 g/mol. The number of benzene rings is 3. The number of halogens is 4. The molecule has 5 rings (SSSR count). The highest BCUT2D eigenvalue weighted by molar-refractivity contribution is 6.31. The molecule has 0 saturated carbocycles. The lowest BCUT2D eigenvalue weighted by Gasteiger charge is -2.19. The molecular formula is C29H26ClF3N4O2. The molecule has 1 aromatic heterocycles. The molecule has 1 aliphatic rings. The lowest BCUT2D eigenvalue weighted by atomic mass is 10.0. The van der Waals surface area contributed by atoms with Crippen LogP contribution in [0.4, 0.5) is 13.2 Å². The third-order valence-corrected chi connectivity index (χ3v) is 7.17. The Bertz CT molecular complexity index is 1530. The van der Waals surface area contributed by atoms with E-state index in [9.17, 15) is 22.8 Å². The van der Waals surface area contributed by atoms with E-state index in [2.05, 4.69) is 15.3 Å². The van der Waals surface area contributed by atoms with Gasteiger partial charge in [-0.05, 0) is 85.8 Å². The van der Waals surface area contributed by atoms with Crippen LogP contribution in [0.2, 0.25) is 5.02 Å². The van der Waals surface area contributed by atoms with Crippen molar-refractivity contribution in [3.8, 4) is 0 Å². The first-order chi connectivity index (χ1) is 18.6. The molecule has 2 N–H and O–H groups in total. The lowest BCUT2D eigenvalue weighted by molar-refractivity contribution is -0.137. The molecule has 1 atom stereocenters. The predicted octanol–water partition coefficient (Wildman–Crippen LogP) is 6.49. The summed E-state index contributed by atoms with van der Waals surface area (Å²) in [6, 6.07) is 14.3. The van der Waals surface area contributed by atoms with Crippen molar-refractivity contribution in [2.75, 3.05) is 13.1 Å². The molecule has 2 amide bonds. The highest BCUT2D eigenvalue weighted by atomic mass is 35.5. The van der Waals surface area contributed by atoms with E-state index in [-0.39, 0.29) is 12.3 Å². The lowest BCUT2D eigenvalue weighted by Crippen LogP contribution is -2.31. The molecular weight excluding hydrogens is 529 g/mol.